The third-order valence-corrected chi connectivity index (χ3v) is 6.04. The number of hydrogen-bond donors (Lipinski definition) is 1. The highest BCUT2D eigenvalue weighted by Gasteiger charge is 2.63. The van der Waals surface area contributed by atoms with Crippen molar-refractivity contribution < 1.29 is 9.53 Å². The lowest BCUT2D eigenvalue weighted by atomic mass is 9.54. The summed E-state index contributed by atoms with van der Waals surface area (Å²) in [6.07, 6.45) is 2.28. The van der Waals surface area contributed by atoms with E-state index in [0.29, 0.717) is 31.1 Å². The lowest BCUT2D eigenvalue weighted by Gasteiger charge is -2.59. The first-order valence-electron chi connectivity index (χ1n) is 8.86. The molecule has 2 N–H and O–H groups in total. The van der Waals surface area contributed by atoms with Crippen molar-refractivity contribution in [2.45, 2.75) is 38.8 Å². The van der Waals surface area contributed by atoms with Crippen molar-refractivity contribution in [3.05, 3.63) is 23.4 Å². The molecule has 1 aliphatic heterocycles. The van der Waals surface area contributed by atoms with E-state index in [-0.39, 0.29) is 17.4 Å². The van der Waals surface area contributed by atoms with Crippen LogP contribution in [-0.4, -0.2) is 60.2 Å². The van der Waals surface area contributed by atoms with Crippen LogP contribution in [0.3, 0.4) is 0 Å². The highest BCUT2D eigenvalue weighted by Crippen LogP contribution is 2.50. The molecular weight excluding hydrogens is 340 g/mol. The van der Waals surface area contributed by atoms with Gasteiger partial charge in [-0.15, -0.1) is 0 Å². The van der Waals surface area contributed by atoms with E-state index in [4.69, 9.17) is 22.1 Å². The first-order valence-corrected chi connectivity index (χ1v) is 9.23. The molecule has 2 fully saturated rings. The largest absolute Gasteiger partial charge is 0.378 e. The molecule has 6 nitrogen and oxygen atoms in total. The van der Waals surface area contributed by atoms with Crippen molar-refractivity contribution in [2.24, 2.45) is 11.1 Å². The second-order valence-corrected chi connectivity index (χ2v) is 7.89. The minimum atomic E-state index is -0.840. The van der Waals surface area contributed by atoms with Crippen LogP contribution in [0.5, 0.6) is 0 Å². The summed E-state index contributed by atoms with van der Waals surface area (Å²) in [5, 5.41) is 0.624. The van der Waals surface area contributed by atoms with Crippen LogP contribution in [0.4, 0.5) is 5.82 Å². The second kappa shape index (κ2) is 6.74. The molecule has 1 aliphatic carbocycles. The van der Waals surface area contributed by atoms with Gasteiger partial charge in [0.2, 0.25) is 5.91 Å². The number of amides is 1. The molecule has 1 aromatic rings. The monoisotopic (exact) mass is 366 g/mol. The van der Waals surface area contributed by atoms with Gasteiger partial charge in [0.25, 0.3) is 0 Å². The van der Waals surface area contributed by atoms with Crippen LogP contribution in [0, 0.1) is 5.41 Å². The Morgan fingerprint density at radius 3 is 2.56 bits per heavy atom. The zero-order chi connectivity index (χ0) is 18.2. The molecule has 0 aromatic carbocycles. The molecule has 2 atom stereocenters. The molecule has 2 unspecified atom stereocenters. The van der Waals surface area contributed by atoms with Crippen LogP contribution >= 0.6 is 11.6 Å². The highest BCUT2D eigenvalue weighted by molar-refractivity contribution is 6.30. The number of hydrogen-bond acceptors (Lipinski definition) is 5. The van der Waals surface area contributed by atoms with Crippen LogP contribution in [0.1, 0.15) is 27.2 Å². The summed E-state index contributed by atoms with van der Waals surface area (Å²) >= 11 is 5.89. The van der Waals surface area contributed by atoms with Crippen molar-refractivity contribution in [2.75, 3.05) is 37.7 Å². The number of ether oxygens (including phenoxy) is 1. The van der Waals surface area contributed by atoms with Gasteiger partial charge in [-0.3, -0.25) is 4.79 Å². The molecular formula is C18H27ClN4O2. The van der Waals surface area contributed by atoms with Crippen molar-refractivity contribution in [3.63, 3.8) is 0 Å². The van der Waals surface area contributed by atoms with Crippen molar-refractivity contribution >= 4 is 23.3 Å². The van der Waals surface area contributed by atoms with Crippen molar-refractivity contribution in [1.82, 2.24) is 9.88 Å². The minimum absolute atomic E-state index is 0.0390. The third kappa shape index (κ3) is 3.11. The average Bonchev–Trinajstić information content (AvgIpc) is 2.61. The molecule has 1 saturated heterocycles. The standard InChI is InChI=1S/C18H27ClN4O2/c1-4-25-14-11-18(20,17(14,2)3)16(24)23-9-7-22(8-10-23)15-6-5-13(19)12-21-15/h5-6,12,14H,4,7-11,20H2,1-3H3. The van der Waals surface area contributed by atoms with Crippen LogP contribution in [-0.2, 0) is 9.53 Å². The fourth-order valence-electron chi connectivity index (χ4n) is 3.77. The fourth-order valence-corrected chi connectivity index (χ4v) is 3.89. The molecule has 1 amide bonds. The molecule has 25 heavy (non-hydrogen) atoms. The van der Waals surface area contributed by atoms with E-state index in [1.807, 2.05) is 37.8 Å². The Morgan fingerprint density at radius 1 is 1.36 bits per heavy atom. The maximum absolute atomic E-state index is 13.0. The van der Waals surface area contributed by atoms with E-state index in [2.05, 4.69) is 9.88 Å². The second-order valence-electron chi connectivity index (χ2n) is 7.46. The summed E-state index contributed by atoms with van der Waals surface area (Å²) in [6.45, 7) is 9.46. The van der Waals surface area contributed by atoms with Crippen LogP contribution in [0.15, 0.2) is 18.3 Å². The number of halogens is 1. The maximum Gasteiger partial charge on any atom is 0.243 e. The summed E-state index contributed by atoms with van der Waals surface area (Å²) in [5.41, 5.74) is 5.33. The average molecular weight is 367 g/mol. The smallest absolute Gasteiger partial charge is 0.243 e. The summed E-state index contributed by atoms with van der Waals surface area (Å²) < 4.78 is 5.73. The molecule has 0 bridgehead atoms. The van der Waals surface area contributed by atoms with Crippen LogP contribution < -0.4 is 10.6 Å². The summed E-state index contributed by atoms with van der Waals surface area (Å²) in [6, 6.07) is 3.74. The van der Waals surface area contributed by atoms with Crippen molar-refractivity contribution in [1.29, 1.82) is 0 Å². The lowest BCUT2D eigenvalue weighted by Crippen LogP contribution is -2.76. The van der Waals surface area contributed by atoms with Gasteiger partial charge in [-0.1, -0.05) is 25.4 Å². The number of nitrogens with zero attached hydrogens (tertiary/aromatic N) is 3. The lowest BCUT2D eigenvalue weighted by molar-refractivity contribution is -0.179. The molecule has 2 heterocycles. The first kappa shape index (κ1) is 18.4. The first-order chi connectivity index (χ1) is 11.8. The van der Waals surface area contributed by atoms with E-state index in [0.717, 1.165) is 18.9 Å². The number of anilines is 1. The molecule has 1 saturated carbocycles. The van der Waals surface area contributed by atoms with E-state index < -0.39 is 5.54 Å². The topological polar surface area (TPSA) is 71.7 Å². The predicted molar refractivity (Wildman–Crippen MR) is 98.8 cm³/mol. The Labute approximate surface area is 154 Å². The Kier molecular flexibility index (Phi) is 4.97. The number of piperazine rings is 1. The van der Waals surface area contributed by atoms with E-state index in [1.165, 1.54) is 0 Å². The zero-order valence-electron chi connectivity index (χ0n) is 15.2. The van der Waals surface area contributed by atoms with Crippen LogP contribution in [0.25, 0.3) is 0 Å². The Balaban J connectivity index is 1.61. The number of pyridine rings is 1. The van der Waals surface area contributed by atoms with Gasteiger partial charge in [0.1, 0.15) is 11.4 Å². The van der Waals surface area contributed by atoms with Gasteiger partial charge >= 0.3 is 0 Å². The van der Waals surface area contributed by atoms with Gasteiger partial charge in [0.15, 0.2) is 0 Å². The van der Waals surface area contributed by atoms with Gasteiger partial charge in [-0.05, 0) is 19.1 Å². The number of nitrogens with two attached hydrogens (primary N) is 1. The zero-order valence-corrected chi connectivity index (χ0v) is 15.9. The quantitative estimate of drug-likeness (QED) is 0.881. The van der Waals surface area contributed by atoms with E-state index in [9.17, 15) is 4.79 Å². The maximum atomic E-state index is 13.0. The number of carbonyl (C=O) groups excluding carboxylic acids is 1. The molecule has 0 radical (unpaired) electrons. The Bertz CT molecular complexity index is 628. The minimum Gasteiger partial charge on any atom is -0.378 e. The molecule has 2 aliphatic rings. The SMILES string of the molecule is CCOC1CC(N)(C(=O)N2CCN(c3ccc(Cl)cn3)CC2)C1(C)C. The predicted octanol–water partition coefficient (Wildman–Crippen LogP) is 1.92. The van der Waals surface area contributed by atoms with Gasteiger partial charge in [-0.25, -0.2) is 4.98 Å². The Hall–Kier alpha value is -1.37. The summed E-state index contributed by atoms with van der Waals surface area (Å²) in [4.78, 5) is 21.5. The van der Waals surface area contributed by atoms with Gasteiger partial charge in [-0.2, -0.15) is 0 Å². The summed E-state index contributed by atoms with van der Waals surface area (Å²) in [7, 11) is 0. The molecule has 0 spiro atoms. The molecule has 3 rings (SSSR count). The normalized spacial score (nSPS) is 28.6. The number of carbonyl (C=O) groups is 1. The molecule has 1 aromatic heterocycles. The van der Waals surface area contributed by atoms with E-state index >= 15 is 0 Å². The number of rotatable bonds is 4. The Morgan fingerprint density at radius 2 is 2.04 bits per heavy atom. The molecule has 138 valence electrons. The van der Waals surface area contributed by atoms with Gasteiger partial charge in [0.05, 0.1) is 11.1 Å². The summed E-state index contributed by atoms with van der Waals surface area (Å²) in [5.74, 6) is 0.927. The fraction of sp³-hybridized carbons (Fsp3) is 0.667. The van der Waals surface area contributed by atoms with Gasteiger partial charge in [0, 0.05) is 50.8 Å². The highest BCUT2D eigenvalue weighted by atomic mass is 35.5. The molecule has 7 heteroatoms. The van der Waals surface area contributed by atoms with E-state index in [1.54, 1.807) is 6.20 Å². The third-order valence-electron chi connectivity index (χ3n) is 5.81. The number of aromatic nitrogens is 1. The van der Waals surface area contributed by atoms with Crippen molar-refractivity contribution in [3.8, 4) is 0 Å². The van der Waals surface area contributed by atoms with Crippen LogP contribution in [0.2, 0.25) is 5.02 Å². The van der Waals surface area contributed by atoms with Gasteiger partial charge < -0.3 is 20.3 Å².